The predicted octanol–water partition coefficient (Wildman–Crippen LogP) is -0.201. The van der Waals surface area contributed by atoms with Crippen LogP contribution in [-0.4, -0.2) is 18.9 Å². The van der Waals surface area contributed by atoms with Crippen molar-refractivity contribution in [1.82, 2.24) is 0 Å². The van der Waals surface area contributed by atoms with Crippen molar-refractivity contribution in [2.24, 2.45) is 11.5 Å². The minimum absolute atomic E-state index is 0.292. The highest BCUT2D eigenvalue weighted by Gasteiger charge is 2.31. The average Bonchev–Trinajstić information content (AvgIpc) is 2.10. The van der Waals surface area contributed by atoms with E-state index >= 15 is 0 Å². The minimum atomic E-state index is -0.458. The van der Waals surface area contributed by atoms with Gasteiger partial charge in [0.25, 0.3) is 0 Å². The number of nitrogens with two attached hydrogens (primary N) is 2. The van der Waals surface area contributed by atoms with E-state index in [2.05, 4.69) is 0 Å². The molecule has 0 aromatic heterocycles. The summed E-state index contributed by atoms with van der Waals surface area (Å²) in [6.45, 7) is 0. The third-order valence-corrected chi connectivity index (χ3v) is 1.87. The van der Waals surface area contributed by atoms with Gasteiger partial charge in [0.2, 0.25) is 0 Å². The maximum absolute atomic E-state index is 5.64. The number of rotatable bonds is 1. The second-order valence-corrected chi connectivity index (χ2v) is 2.83. The van der Waals surface area contributed by atoms with Crippen molar-refractivity contribution in [1.29, 1.82) is 0 Å². The van der Waals surface area contributed by atoms with Crippen molar-refractivity contribution in [3.63, 3.8) is 0 Å². The standard InChI is InChI=1S/C6H14N2O/c1-9-5-2-3-6(7,8)4-5/h5H,2-4,7-8H2,1H3. The fourth-order valence-electron chi connectivity index (χ4n) is 1.26. The first-order chi connectivity index (χ1) is 4.14. The first-order valence-electron chi connectivity index (χ1n) is 3.24. The molecular formula is C6H14N2O. The van der Waals surface area contributed by atoms with Crippen molar-refractivity contribution in [2.45, 2.75) is 31.0 Å². The van der Waals surface area contributed by atoms with Crippen LogP contribution in [0, 0.1) is 0 Å². The normalized spacial score (nSPS) is 33.0. The third kappa shape index (κ3) is 1.64. The molecular weight excluding hydrogens is 116 g/mol. The lowest BCUT2D eigenvalue weighted by Gasteiger charge is -2.16. The molecule has 54 valence electrons. The van der Waals surface area contributed by atoms with Gasteiger partial charge in [-0.2, -0.15) is 0 Å². The van der Waals surface area contributed by atoms with Crippen LogP contribution in [0.1, 0.15) is 19.3 Å². The molecule has 4 N–H and O–H groups in total. The molecule has 0 bridgehead atoms. The lowest BCUT2D eigenvalue weighted by atomic mass is 10.2. The topological polar surface area (TPSA) is 61.3 Å². The number of hydrogen-bond donors (Lipinski definition) is 2. The van der Waals surface area contributed by atoms with Crippen LogP contribution in [0.4, 0.5) is 0 Å². The second kappa shape index (κ2) is 2.25. The summed E-state index contributed by atoms with van der Waals surface area (Å²) >= 11 is 0. The summed E-state index contributed by atoms with van der Waals surface area (Å²) in [7, 11) is 1.70. The molecule has 0 saturated heterocycles. The van der Waals surface area contributed by atoms with Gasteiger partial charge in [-0.3, -0.25) is 0 Å². The fourth-order valence-corrected chi connectivity index (χ4v) is 1.26. The molecule has 0 aromatic carbocycles. The zero-order chi connectivity index (χ0) is 6.91. The number of methoxy groups -OCH3 is 1. The first kappa shape index (κ1) is 6.99. The monoisotopic (exact) mass is 130 g/mol. The number of hydrogen-bond acceptors (Lipinski definition) is 3. The molecule has 1 fully saturated rings. The highest BCUT2D eigenvalue weighted by molar-refractivity contribution is 4.88. The Morgan fingerprint density at radius 3 is 2.44 bits per heavy atom. The van der Waals surface area contributed by atoms with Crippen LogP contribution in [0.2, 0.25) is 0 Å². The van der Waals surface area contributed by atoms with Crippen LogP contribution in [0.3, 0.4) is 0 Å². The molecule has 1 atom stereocenters. The molecule has 1 unspecified atom stereocenters. The second-order valence-electron chi connectivity index (χ2n) is 2.83. The van der Waals surface area contributed by atoms with E-state index in [-0.39, 0.29) is 0 Å². The quantitative estimate of drug-likeness (QED) is 0.483. The van der Waals surface area contributed by atoms with Gasteiger partial charge in [0.15, 0.2) is 0 Å². The van der Waals surface area contributed by atoms with Crippen LogP contribution < -0.4 is 11.5 Å². The molecule has 1 saturated carbocycles. The Hall–Kier alpha value is -0.120. The van der Waals surface area contributed by atoms with Gasteiger partial charge >= 0.3 is 0 Å². The van der Waals surface area contributed by atoms with E-state index in [0.29, 0.717) is 6.10 Å². The summed E-state index contributed by atoms with van der Waals surface area (Å²) < 4.78 is 5.09. The van der Waals surface area contributed by atoms with Gasteiger partial charge in [0, 0.05) is 13.5 Å². The van der Waals surface area contributed by atoms with Crippen LogP contribution in [0.15, 0.2) is 0 Å². The van der Waals surface area contributed by atoms with Gasteiger partial charge in [0.05, 0.1) is 11.8 Å². The van der Waals surface area contributed by atoms with Gasteiger partial charge in [-0.25, -0.2) is 0 Å². The molecule has 0 amide bonds. The zero-order valence-corrected chi connectivity index (χ0v) is 5.76. The summed E-state index contributed by atoms with van der Waals surface area (Å²) in [5.41, 5.74) is 10.8. The minimum Gasteiger partial charge on any atom is -0.381 e. The van der Waals surface area contributed by atoms with E-state index in [4.69, 9.17) is 16.2 Å². The van der Waals surface area contributed by atoms with Gasteiger partial charge in [-0.05, 0) is 12.8 Å². The zero-order valence-electron chi connectivity index (χ0n) is 5.76. The maximum atomic E-state index is 5.64. The highest BCUT2D eigenvalue weighted by Crippen LogP contribution is 2.24. The Labute approximate surface area is 55.4 Å². The smallest absolute Gasteiger partial charge is 0.0662 e. The predicted molar refractivity (Wildman–Crippen MR) is 35.8 cm³/mol. The van der Waals surface area contributed by atoms with Gasteiger partial charge < -0.3 is 16.2 Å². The summed E-state index contributed by atoms with van der Waals surface area (Å²) in [6.07, 6.45) is 2.97. The molecule has 1 rings (SSSR count). The van der Waals surface area contributed by atoms with Crippen molar-refractivity contribution in [3.8, 4) is 0 Å². The average molecular weight is 130 g/mol. The van der Waals surface area contributed by atoms with Crippen LogP contribution in [0.5, 0.6) is 0 Å². The van der Waals surface area contributed by atoms with E-state index in [1.165, 1.54) is 0 Å². The Morgan fingerprint density at radius 1 is 1.56 bits per heavy atom. The summed E-state index contributed by atoms with van der Waals surface area (Å²) in [4.78, 5) is 0. The molecule has 0 spiro atoms. The van der Waals surface area contributed by atoms with Crippen molar-refractivity contribution in [3.05, 3.63) is 0 Å². The van der Waals surface area contributed by atoms with Crippen LogP contribution in [-0.2, 0) is 4.74 Å². The van der Waals surface area contributed by atoms with Crippen LogP contribution >= 0.6 is 0 Å². The molecule has 0 aliphatic heterocycles. The van der Waals surface area contributed by atoms with Crippen molar-refractivity contribution >= 4 is 0 Å². The Morgan fingerprint density at radius 2 is 2.22 bits per heavy atom. The maximum Gasteiger partial charge on any atom is 0.0662 e. The van der Waals surface area contributed by atoms with Gasteiger partial charge in [-0.1, -0.05) is 0 Å². The van der Waals surface area contributed by atoms with Gasteiger partial charge in [-0.15, -0.1) is 0 Å². The Kier molecular flexibility index (Phi) is 1.75. The lowest BCUT2D eigenvalue weighted by molar-refractivity contribution is 0.104. The molecule has 0 aromatic rings. The van der Waals surface area contributed by atoms with Crippen molar-refractivity contribution in [2.75, 3.05) is 7.11 Å². The van der Waals surface area contributed by atoms with E-state index in [1.807, 2.05) is 0 Å². The van der Waals surface area contributed by atoms with E-state index in [9.17, 15) is 0 Å². The molecule has 3 nitrogen and oxygen atoms in total. The number of ether oxygens (including phenoxy) is 1. The van der Waals surface area contributed by atoms with E-state index < -0.39 is 5.66 Å². The van der Waals surface area contributed by atoms with Crippen LogP contribution in [0.25, 0.3) is 0 Å². The highest BCUT2D eigenvalue weighted by atomic mass is 16.5. The molecule has 0 radical (unpaired) electrons. The molecule has 9 heavy (non-hydrogen) atoms. The van der Waals surface area contributed by atoms with Gasteiger partial charge in [0.1, 0.15) is 0 Å². The molecule has 1 aliphatic carbocycles. The summed E-state index contributed by atoms with van der Waals surface area (Å²) in [5, 5.41) is 0. The SMILES string of the molecule is COC1CCC(N)(N)C1. The molecule has 1 aliphatic rings. The Balaban J connectivity index is 2.38. The van der Waals surface area contributed by atoms with E-state index in [1.54, 1.807) is 7.11 Å². The summed E-state index contributed by atoms with van der Waals surface area (Å²) in [5.74, 6) is 0. The van der Waals surface area contributed by atoms with Crippen molar-refractivity contribution < 1.29 is 4.74 Å². The first-order valence-corrected chi connectivity index (χ1v) is 3.24. The fraction of sp³-hybridized carbons (Fsp3) is 1.00. The molecule has 0 heterocycles. The largest absolute Gasteiger partial charge is 0.381 e. The third-order valence-electron chi connectivity index (χ3n) is 1.87. The Bertz CT molecular complexity index is 103. The van der Waals surface area contributed by atoms with E-state index in [0.717, 1.165) is 19.3 Å². The lowest BCUT2D eigenvalue weighted by Crippen LogP contribution is -2.47. The molecule has 3 heteroatoms. The summed E-state index contributed by atoms with van der Waals surface area (Å²) in [6, 6.07) is 0.